The SMILES string of the molecule is CCOc1c(Cl)cccc1CC(=O)Nc1ccc(CC(C)C(=O)O)cc1. The summed E-state index contributed by atoms with van der Waals surface area (Å²) in [5, 5.41) is 12.3. The molecule has 0 saturated carbocycles. The Kier molecular flexibility index (Phi) is 7.04. The molecule has 0 heterocycles. The highest BCUT2D eigenvalue weighted by molar-refractivity contribution is 6.32. The van der Waals surface area contributed by atoms with Crippen molar-refractivity contribution in [1.82, 2.24) is 0 Å². The van der Waals surface area contributed by atoms with Crippen LogP contribution >= 0.6 is 11.6 Å². The van der Waals surface area contributed by atoms with Crippen molar-refractivity contribution in [2.75, 3.05) is 11.9 Å². The monoisotopic (exact) mass is 375 g/mol. The number of nitrogens with one attached hydrogen (secondary N) is 1. The van der Waals surface area contributed by atoms with Gasteiger partial charge in [0.25, 0.3) is 0 Å². The maximum atomic E-state index is 12.3. The van der Waals surface area contributed by atoms with E-state index in [9.17, 15) is 9.59 Å². The molecule has 1 atom stereocenters. The number of carboxylic acids is 1. The largest absolute Gasteiger partial charge is 0.492 e. The van der Waals surface area contributed by atoms with Crippen LogP contribution in [0, 0.1) is 5.92 Å². The number of benzene rings is 2. The highest BCUT2D eigenvalue weighted by atomic mass is 35.5. The zero-order valence-electron chi connectivity index (χ0n) is 14.8. The topological polar surface area (TPSA) is 75.6 Å². The van der Waals surface area contributed by atoms with Crippen molar-refractivity contribution >= 4 is 29.2 Å². The number of rotatable bonds is 8. The molecular formula is C20H22ClNO4. The van der Waals surface area contributed by atoms with Gasteiger partial charge in [-0.25, -0.2) is 0 Å². The van der Waals surface area contributed by atoms with Gasteiger partial charge in [0, 0.05) is 11.3 Å². The van der Waals surface area contributed by atoms with Crippen LogP contribution in [0.3, 0.4) is 0 Å². The number of hydrogen-bond donors (Lipinski definition) is 2. The number of carbonyl (C=O) groups is 2. The summed E-state index contributed by atoms with van der Waals surface area (Å²) >= 11 is 6.13. The lowest BCUT2D eigenvalue weighted by molar-refractivity contribution is -0.141. The minimum atomic E-state index is -0.825. The van der Waals surface area contributed by atoms with E-state index in [4.69, 9.17) is 21.4 Å². The summed E-state index contributed by atoms with van der Waals surface area (Å²) in [5.74, 6) is -0.922. The molecule has 1 unspecified atom stereocenters. The maximum Gasteiger partial charge on any atom is 0.306 e. The summed E-state index contributed by atoms with van der Waals surface area (Å²) in [6.07, 6.45) is 0.595. The first-order chi connectivity index (χ1) is 12.4. The molecule has 0 fully saturated rings. The highest BCUT2D eigenvalue weighted by Crippen LogP contribution is 2.29. The van der Waals surface area contributed by atoms with Crippen LogP contribution in [-0.2, 0) is 22.4 Å². The summed E-state index contributed by atoms with van der Waals surface area (Å²) in [6, 6.07) is 12.5. The van der Waals surface area contributed by atoms with Gasteiger partial charge in [-0.2, -0.15) is 0 Å². The zero-order valence-corrected chi connectivity index (χ0v) is 15.5. The van der Waals surface area contributed by atoms with Crippen LogP contribution in [0.1, 0.15) is 25.0 Å². The van der Waals surface area contributed by atoms with Crippen molar-refractivity contribution in [1.29, 1.82) is 0 Å². The van der Waals surface area contributed by atoms with Crippen molar-refractivity contribution in [3.8, 4) is 5.75 Å². The lowest BCUT2D eigenvalue weighted by Gasteiger charge is -2.12. The summed E-state index contributed by atoms with van der Waals surface area (Å²) < 4.78 is 5.53. The number of carboxylic acid groups (broad SMARTS) is 1. The van der Waals surface area contributed by atoms with E-state index >= 15 is 0 Å². The molecule has 26 heavy (non-hydrogen) atoms. The second kappa shape index (κ2) is 9.25. The number of hydrogen-bond acceptors (Lipinski definition) is 3. The molecule has 0 radical (unpaired) electrons. The predicted octanol–water partition coefficient (Wildman–Crippen LogP) is 4.18. The third kappa shape index (κ3) is 5.49. The summed E-state index contributed by atoms with van der Waals surface area (Å²) in [7, 11) is 0. The molecule has 2 aromatic rings. The first kappa shape index (κ1) is 19.8. The molecule has 0 aliphatic heterocycles. The van der Waals surface area contributed by atoms with Gasteiger partial charge in [-0.05, 0) is 37.1 Å². The highest BCUT2D eigenvalue weighted by Gasteiger charge is 2.13. The van der Waals surface area contributed by atoms with Gasteiger partial charge in [-0.1, -0.05) is 42.8 Å². The fraction of sp³-hybridized carbons (Fsp3) is 0.300. The van der Waals surface area contributed by atoms with Crippen molar-refractivity contribution in [3.63, 3.8) is 0 Å². The second-order valence-corrected chi connectivity index (χ2v) is 6.43. The van der Waals surface area contributed by atoms with E-state index in [2.05, 4.69) is 5.32 Å². The number of halogens is 1. The molecule has 1 amide bonds. The molecule has 0 aliphatic rings. The Labute approximate surface area is 157 Å². The second-order valence-electron chi connectivity index (χ2n) is 6.03. The number of para-hydroxylation sites is 1. The lowest BCUT2D eigenvalue weighted by atomic mass is 10.0. The van der Waals surface area contributed by atoms with Gasteiger partial charge in [-0.3, -0.25) is 9.59 Å². The predicted molar refractivity (Wildman–Crippen MR) is 102 cm³/mol. The molecule has 138 valence electrons. The van der Waals surface area contributed by atoms with Gasteiger partial charge in [0.05, 0.1) is 24.0 Å². The van der Waals surface area contributed by atoms with Crippen molar-refractivity contribution in [2.24, 2.45) is 5.92 Å². The summed E-state index contributed by atoms with van der Waals surface area (Å²) in [6.45, 7) is 3.99. The van der Waals surface area contributed by atoms with Gasteiger partial charge in [0.1, 0.15) is 5.75 Å². The Balaban J connectivity index is 2.00. The summed E-state index contributed by atoms with van der Waals surface area (Å²) in [4.78, 5) is 23.2. The van der Waals surface area contributed by atoms with Crippen LogP contribution in [0.2, 0.25) is 5.02 Å². The van der Waals surface area contributed by atoms with Crippen LogP contribution < -0.4 is 10.1 Å². The number of anilines is 1. The Morgan fingerprint density at radius 3 is 2.50 bits per heavy atom. The minimum absolute atomic E-state index is 0.147. The van der Waals surface area contributed by atoms with Gasteiger partial charge >= 0.3 is 5.97 Å². The average Bonchev–Trinajstić information content (AvgIpc) is 2.59. The first-order valence-corrected chi connectivity index (χ1v) is 8.80. The minimum Gasteiger partial charge on any atom is -0.492 e. The van der Waals surface area contributed by atoms with Crippen LogP contribution in [0.25, 0.3) is 0 Å². The van der Waals surface area contributed by atoms with Crippen LogP contribution in [0.15, 0.2) is 42.5 Å². The molecule has 0 aliphatic carbocycles. The Bertz CT molecular complexity index is 774. The van der Waals surface area contributed by atoms with E-state index in [0.29, 0.717) is 29.5 Å². The van der Waals surface area contributed by atoms with E-state index in [1.54, 1.807) is 31.2 Å². The van der Waals surface area contributed by atoms with Crippen molar-refractivity contribution in [3.05, 3.63) is 58.6 Å². The Morgan fingerprint density at radius 2 is 1.88 bits per heavy atom. The zero-order chi connectivity index (χ0) is 19.1. The van der Waals surface area contributed by atoms with E-state index in [0.717, 1.165) is 11.1 Å². The van der Waals surface area contributed by atoms with Gasteiger partial charge < -0.3 is 15.2 Å². The molecule has 2 aromatic carbocycles. The maximum absolute atomic E-state index is 12.3. The fourth-order valence-electron chi connectivity index (χ4n) is 2.54. The molecule has 2 N–H and O–H groups in total. The number of aliphatic carboxylic acids is 1. The number of carbonyl (C=O) groups excluding carboxylic acids is 1. The quantitative estimate of drug-likeness (QED) is 0.725. The van der Waals surface area contributed by atoms with Crippen molar-refractivity contribution in [2.45, 2.75) is 26.7 Å². The van der Waals surface area contributed by atoms with Gasteiger partial charge in [0.15, 0.2) is 0 Å². The van der Waals surface area contributed by atoms with Crippen molar-refractivity contribution < 1.29 is 19.4 Å². The van der Waals surface area contributed by atoms with Crippen LogP contribution in [-0.4, -0.2) is 23.6 Å². The lowest BCUT2D eigenvalue weighted by Crippen LogP contribution is -2.15. The smallest absolute Gasteiger partial charge is 0.306 e. The van der Waals surface area contributed by atoms with E-state index in [1.165, 1.54) is 0 Å². The molecule has 0 spiro atoms. The number of amides is 1. The van der Waals surface area contributed by atoms with Gasteiger partial charge in [-0.15, -0.1) is 0 Å². The Morgan fingerprint density at radius 1 is 1.19 bits per heavy atom. The van der Waals surface area contributed by atoms with Crippen LogP contribution in [0.4, 0.5) is 5.69 Å². The standard InChI is InChI=1S/C20H22ClNO4/c1-3-26-19-15(5-4-6-17(19)21)12-18(23)22-16-9-7-14(8-10-16)11-13(2)20(24)25/h4-10,13H,3,11-12H2,1-2H3,(H,22,23)(H,24,25). The van der Waals surface area contributed by atoms with E-state index in [-0.39, 0.29) is 12.3 Å². The molecular weight excluding hydrogens is 354 g/mol. The molecule has 0 saturated heterocycles. The molecule has 0 aromatic heterocycles. The molecule has 0 bridgehead atoms. The van der Waals surface area contributed by atoms with Gasteiger partial charge in [0.2, 0.25) is 5.91 Å². The third-order valence-electron chi connectivity index (χ3n) is 3.89. The summed E-state index contributed by atoms with van der Waals surface area (Å²) in [5.41, 5.74) is 2.29. The third-order valence-corrected chi connectivity index (χ3v) is 4.19. The fourth-order valence-corrected chi connectivity index (χ4v) is 2.79. The molecule has 5 nitrogen and oxygen atoms in total. The first-order valence-electron chi connectivity index (χ1n) is 8.42. The van der Waals surface area contributed by atoms with E-state index < -0.39 is 11.9 Å². The Hall–Kier alpha value is -2.53. The van der Waals surface area contributed by atoms with E-state index in [1.807, 2.05) is 25.1 Å². The average molecular weight is 376 g/mol. The van der Waals surface area contributed by atoms with Crippen LogP contribution in [0.5, 0.6) is 5.75 Å². The molecule has 6 heteroatoms. The number of ether oxygens (including phenoxy) is 1. The molecule has 2 rings (SSSR count). The normalized spacial score (nSPS) is 11.7.